The summed E-state index contributed by atoms with van der Waals surface area (Å²) in [7, 11) is 0. The van der Waals surface area contributed by atoms with Crippen LogP contribution in [0.2, 0.25) is 0 Å². The summed E-state index contributed by atoms with van der Waals surface area (Å²) in [5.74, 6) is 5.43. The van der Waals surface area contributed by atoms with Gasteiger partial charge in [-0.25, -0.2) is 0 Å². The number of aliphatic hydroxyl groups excluding tert-OH is 1. The van der Waals surface area contributed by atoms with E-state index in [2.05, 4.69) is 34.6 Å². The summed E-state index contributed by atoms with van der Waals surface area (Å²) in [5, 5.41) is 10.3. The molecule has 5 aliphatic carbocycles. The van der Waals surface area contributed by atoms with E-state index in [-0.39, 0.29) is 0 Å². The molecule has 0 bridgehead atoms. The van der Waals surface area contributed by atoms with Gasteiger partial charge in [-0.05, 0) is 121 Å². The zero-order valence-electron chi connectivity index (χ0n) is 19.4. The number of fused-ring (bicyclic) bond motifs is 7. The lowest BCUT2D eigenvalue weighted by atomic mass is 9.36. The van der Waals surface area contributed by atoms with Crippen molar-refractivity contribution in [1.29, 1.82) is 0 Å². The van der Waals surface area contributed by atoms with Crippen LogP contribution in [0, 0.1) is 57.2 Å². The Morgan fingerprint density at radius 2 is 1.46 bits per heavy atom. The van der Waals surface area contributed by atoms with Crippen molar-refractivity contribution in [3.63, 3.8) is 0 Å². The van der Waals surface area contributed by atoms with Crippen LogP contribution < -0.4 is 0 Å². The van der Waals surface area contributed by atoms with E-state index < -0.39 is 0 Å². The molecule has 0 amide bonds. The molecule has 0 aromatic carbocycles. The molecule has 160 valence electrons. The Hall–Kier alpha value is -0.0400. The van der Waals surface area contributed by atoms with E-state index >= 15 is 0 Å². The van der Waals surface area contributed by atoms with Crippen LogP contribution in [0.25, 0.3) is 0 Å². The zero-order valence-corrected chi connectivity index (χ0v) is 19.4. The highest BCUT2D eigenvalue weighted by Crippen LogP contribution is 2.73. The van der Waals surface area contributed by atoms with Gasteiger partial charge in [-0.2, -0.15) is 0 Å². The van der Waals surface area contributed by atoms with Crippen LogP contribution in [-0.4, -0.2) is 11.7 Å². The van der Waals surface area contributed by atoms with Gasteiger partial charge in [-0.1, -0.05) is 41.0 Å². The molecule has 28 heavy (non-hydrogen) atoms. The summed E-state index contributed by atoms with van der Waals surface area (Å²) >= 11 is 0. The lowest BCUT2D eigenvalue weighted by molar-refractivity contribution is -0.206. The number of hydrogen-bond donors (Lipinski definition) is 1. The highest BCUT2D eigenvalue weighted by molar-refractivity contribution is 5.14. The summed E-state index contributed by atoms with van der Waals surface area (Å²) < 4.78 is 0. The summed E-state index contributed by atoms with van der Waals surface area (Å²) in [6.07, 6.45) is 15.6. The largest absolute Gasteiger partial charge is 0.396 e. The van der Waals surface area contributed by atoms with Crippen molar-refractivity contribution < 1.29 is 5.11 Å². The van der Waals surface area contributed by atoms with Crippen LogP contribution in [0.1, 0.15) is 105 Å². The van der Waals surface area contributed by atoms with Crippen molar-refractivity contribution in [2.45, 2.75) is 105 Å². The van der Waals surface area contributed by atoms with Gasteiger partial charge < -0.3 is 5.11 Å². The van der Waals surface area contributed by atoms with E-state index in [1.165, 1.54) is 70.6 Å². The minimum Gasteiger partial charge on any atom is -0.396 e. The fraction of sp³-hybridized carbons (Fsp3) is 1.00. The van der Waals surface area contributed by atoms with Crippen molar-refractivity contribution in [2.24, 2.45) is 57.2 Å². The van der Waals surface area contributed by atoms with Gasteiger partial charge in [0.25, 0.3) is 0 Å². The van der Waals surface area contributed by atoms with Gasteiger partial charge in [0.15, 0.2) is 0 Å². The molecule has 5 rings (SSSR count). The van der Waals surface area contributed by atoms with Crippen LogP contribution in [0.5, 0.6) is 0 Å². The standard InChI is InChI=1S/C27H46O/c1-18-10-14-26(5)22(24(18,2)3)12-15-25(4)20-11-16-27(17-28)13-6-7-21(27)19(20)8-9-23(25)26/h18-23,28H,6-17H2,1-5H3. The van der Waals surface area contributed by atoms with E-state index in [1.54, 1.807) is 0 Å². The van der Waals surface area contributed by atoms with E-state index in [4.69, 9.17) is 0 Å². The van der Waals surface area contributed by atoms with Crippen molar-refractivity contribution in [3.8, 4) is 0 Å². The fourth-order valence-corrected chi connectivity index (χ4v) is 10.8. The molecule has 0 saturated heterocycles. The summed E-state index contributed by atoms with van der Waals surface area (Å²) in [4.78, 5) is 0. The maximum atomic E-state index is 10.3. The molecule has 5 fully saturated rings. The summed E-state index contributed by atoms with van der Waals surface area (Å²) in [5.41, 5.74) is 1.95. The van der Waals surface area contributed by atoms with Crippen molar-refractivity contribution in [3.05, 3.63) is 0 Å². The minimum absolute atomic E-state index is 0.313. The van der Waals surface area contributed by atoms with Gasteiger partial charge in [0.05, 0.1) is 0 Å². The second-order valence-electron chi connectivity index (χ2n) is 13.3. The normalized spacial score (nSPS) is 57.6. The smallest absolute Gasteiger partial charge is 0.0490 e. The molecular weight excluding hydrogens is 340 g/mol. The van der Waals surface area contributed by atoms with E-state index in [1.807, 2.05) is 0 Å². The first kappa shape index (κ1) is 19.9. The van der Waals surface area contributed by atoms with Gasteiger partial charge in [-0.15, -0.1) is 0 Å². The highest BCUT2D eigenvalue weighted by atomic mass is 16.3. The first-order valence-corrected chi connectivity index (χ1v) is 12.8. The van der Waals surface area contributed by atoms with Crippen LogP contribution in [0.15, 0.2) is 0 Å². The molecule has 0 heterocycles. The minimum atomic E-state index is 0.313. The second kappa shape index (κ2) is 6.24. The molecule has 5 saturated carbocycles. The third kappa shape index (κ3) is 2.35. The first-order valence-electron chi connectivity index (χ1n) is 12.8. The fourth-order valence-electron chi connectivity index (χ4n) is 10.8. The van der Waals surface area contributed by atoms with Gasteiger partial charge in [0.2, 0.25) is 0 Å². The highest BCUT2D eigenvalue weighted by Gasteiger charge is 2.65. The quantitative estimate of drug-likeness (QED) is 0.510. The number of hydrogen-bond acceptors (Lipinski definition) is 1. The Morgan fingerprint density at radius 3 is 2.21 bits per heavy atom. The van der Waals surface area contributed by atoms with Crippen molar-refractivity contribution in [2.75, 3.05) is 6.61 Å². The van der Waals surface area contributed by atoms with Crippen molar-refractivity contribution >= 4 is 0 Å². The van der Waals surface area contributed by atoms with E-state index in [0.717, 1.165) is 35.5 Å². The average molecular weight is 387 g/mol. The summed E-state index contributed by atoms with van der Waals surface area (Å²) in [6.45, 7) is 13.7. The van der Waals surface area contributed by atoms with Gasteiger partial charge >= 0.3 is 0 Å². The molecule has 1 heteroatoms. The predicted molar refractivity (Wildman–Crippen MR) is 117 cm³/mol. The zero-order chi connectivity index (χ0) is 19.9. The Morgan fingerprint density at radius 1 is 0.714 bits per heavy atom. The Balaban J connectivity index is 1.48. The van der Waals surface area contributed by atoms with Crippen LogP contribution in [-0.2, 0) is 0 Å². The maximum Gasteiger partial charge on any atom is 0.0490 e. The third-order valence-corrected chi connectivity index (χ3v) is 12.6. The van der Waals surface area contributed by atoms with Gasteiger partial charge in [0.1, 0.15) is 0 Å². The van der Waals surface area contributed by atoms with Crippen molar-refractivity contribution in [1.82, 2.24) is 0 Å². The number of aliphatic hydroxyl groups is 1. The average Bonchev–Trinajstić information content (AvgIpc) is 3.10. The predicted octanol–water partition coefficient (Wildman–Crippen LogP) is 7.08. The molecule has 5 aliphatic rings. The van der Waals surface area contributed by atoms with E-state index in [0.29, 0.717) is 28.3 Å². The molecule has 0 radical (unpaired) electrons. The maximum absolute atomic E-state index is 10.3. The monoisotopic (exact) mass is 386 g/mol. The SMILES string of the molecule is CC1CCC2(C)C(CCC3(C)C4CCC5(CO)CCCC5C4CCC32)C1(C)C. The molecule has 1 nitrogen and oxygen atoms in total. The molecule has 0 spiro atoms. The van der Waals surface area contributed by atoms with Gasteiger partial charge in [-0.3, -0.25) is 0 Å². The lowest BCUT2D eigenvalue weighted by Crippen LogP contribution is -2.62. The lowest BCUT2D eigenvalue weighted by Gasteiger charge is -2.69. The topological polar surface area (TPSA) is 20.2 Å². The molecule has 9 atom stereocenters. The Labute approximate surface area is 174 Å². The summed E-state index contributed by atoms with van der Waals surface area (Å²) in [6, 6.07) is 0. The molecule has 9 unspecified atom stereocenters. The first-order chi connectivity index (χ1) is 13.2. The van der Waals surface area contributed by atoms with Crippen LogP contribution in [0.4, 0.5) is 0 Å². The van der Waals surface area contributed by atoms with Crippen LogP contribution in [0.3, 0.4) is 0 Å². The van der Waals surface area contributed by atoms with Crippen LogP contribution >= 0.6 is 0 Å². The number of rotatable bonds is 1. The molecule has 1 N–H and O–H groups in total. The molecular formula is C27H46O. The molecule has 0 aromatic heterocycles. The van der Waals surface area contributed by atoms with E-state index in [9.17, 15) is 5.11 Å². The second-order valence-corrected chi connectivity index (χ2v) is 13.3. The Kier molecular flexibility index (Phi) is 4.43. The third-order valence-electron chi connectivity index (χ3n) is 12.6. The molecule has 0 aliphatic heterocycles. The Bertz CT molecular complexity index is 624. The molecule has 0 aromatic rings. The van der Waals surface area contributed by atoms with Gasteiger partial charge in [0, 0.05) is 6.61 Å².